The first kappa shape index (κ1) is 17.0. The van der Waals surface area contributed by atoms with Gasteiger partial charge in [-0.05, 0) is 42.1 Å². The maximum Gasteiger partial charge on any atom is 0.344 e. The van der Waals surface area contributed by atoms with Crippen molar-refractivity contribution in [2.45, 2.75) is 6.42 Å². The molecule has 0 unspecified atom stereocenters. The number of halogens is 1. The van der Waals surface area contributed by atoms with Gasteiger partial charge in [-0.1, -0.05) is 6.07 Å². The Kier molecular flexibility index (Phi) is 6.56. The molecule has 0 spiro atoms. The average Bonchev–Trinajstić information content (AvgIpc) is 3.06. The largest absolute Gasteiger partial charge is 0.482 e. The van der Waals surface area contributed by atoms with Crippen molar-refractivity contribution < 1.29 is 23.5 Å². The molecule has 0 bridgehead atoms. The Hall–Kier alpha value is -2.41. The lowest BCUT2D eigenvalue weighted by Gasteiger charge is -2.07. The molecule has 2 aromatic rings. The highest BCUT2D eigenvalue weighted by Crippen LogP contribution is 2.10. The Labute approximate surface area is 137 Å². The molecular weight excluding hydrogens is 321 g/mol. The van der Waals surface area contributed by atoms with Gasteiger partial charge in [-0.2, -0.15) is 0 Å². The number of ether oxygens (including phenoxy) is 2. The number of esters is 1. The van der Waals surface area contributed by atoms with Crippen molar-refractivity contribution in [2.75, 3.05) is 19.8 Å². The molecule has 23 heavy (non-hydrogen) atoms. The van der Waals surface area contributed by atoms with Crippen molar-refractivity contribution in [3.8, 4) is 5.75 Å². The van der Waals surface area contributed by atoms with Crippen LogP contribution in [0, 0.1) is 5.82 Å². The molecule has 7 heteroatoms. The lowest BCUT2D eigenvalue weighted by Crippen LogP contribution is -2.31. The Morgan fingerprint density at radius 1 is 1.13 bits per heavy atom. The number of nitrogens with one attached hydrogen (secondary N) is 1. The van der Waals surface area contributed by atoms with Crippen molar-refractivity contribution >= 4 is 23.2 Å². The number of hydrogen-bond donors (Lipinski definition) is 1. The highest BCUT2D eigenvalue weighted by atomic mass is 32.1. The maximum absolute atomic E-state index is 12.7. The summed E-state index contributed by atoms with van der Waals surface area (Å²) in [6.45, 7) is -0.201. The van der Waals surface area contributed by atoms with E-state index in [1.54, 1.807) is 11.3 Å². The van der Waals surface area contributed by atoms with E-state index in [-0.39, 0.29) is 24.9 Å². The van der Waals surface area contributed by atoms with Crippen LogP contribution in [0.4, 0.5) is 4.39 Å². The number of thiophene rings is 1. The summed E-state index contributed by atoms with van der Waals surface area (Å²) in [5.74, 6) is -1.07. The zero-order valence-corrected chi connectivity index (χ0v) is 13.1. The summed E-state index contributed by atoms with van der Waals surface area (Å²) in [7, 11) is 0. The van der Waals surface area contributed by atoms with E-state index in [9.17, 15) is 14.0 Å². The molecule has 0 radical (unpaired) electrons. The number of hydrogen-bond acceptors (Lipinski definition) is 5. The zero-order chi connectivity index (χ0) is 16.5. The van der Waals surface area contributed by atoms with Crippen molar-refractivity contribution in [3.05, 3.63) is 52.5 Å². The van der Waals surface area contributed by atoms with Gasteiger partial charge >= 0.3 is 5.97 Å². The van der Waals surface area contributed by atoms with Crippen LogP contribution >= 0.6 is 11.3 Å². The lowest BCUT2D eigenvalue weighted by atomic mass is 10.3. The van der Waals surface area contributed by atoms with E-state index in [2.05, 4.69) is 5.32 Å². The third-order valence-corrected chi connectivity index (χ3v) is 3.74. The van der Waals surface area contributed by atoms with E-state index in [1.165, 1.54) is 29.1 Å². The first-order valence-corrected chi connectivity index (χ1v) is 7.84. The molecule has 1 aromatic heterocycles. The SMILES string of the molecule is O=C(COC(=O)COc1ccc(F)cc1)NCCc1cccs1. The number of benzene rings is 1. The third-order valence-electron chi connectivity index (χ3n) is 2.81. The monoisotopic (exact) mass is 337 g/mol. The van der Waals surface area contributed by atoms with Crippen LogP contribution in [0.1, 0.15) is 4.88 Å². The van der Waals surface area contributed by atoms with Gasteiger partial charge < -0.3 is 14.8 Å². The molecule has 122 valence electrons. The molecule has 2 rings (SSSR count). The average molecular weight is 337 g/mol. The molecule has 1 N–H and O–H groups in total. The number of rotatable bonds is 8. The minimum atomic E-state index is -0.664. The van der Waals surface area contributed by atoms with Crippen LogP contribution in [0.2, 0.25) is 0 Å². The quantitative estimate of drug-likeness (QED) is 0.750. The fourth-order valence-electron chi connectivity index (χ4n) is 1.69. The van der Waals surface area contributed by atoms with Gasteiger partial charge in [0.05, 0.1) is 0 Å². The second kappa shape index (κ2) is 8.89. The van der Waals surface area contributed by atoms with Crippen LogP contribution in [0.25, 0.3) is 0 Å². The van der Waals surface area contributed by atoms with Crippen molar-refractivity contribution in [2.24, 2.45) is 0 Å². The standard InChI is InChI=1S/C16H16FNO4S/c17-12-3-5-13(6-4-12)21-11-16(20)22-10-15(19)18-8-7-14-2-1-9-23-14/h1-6,9H,7-8,10-11H2,(H,18,19). The first-order valence-electron chi connectivity index (χ1n) is 6.96. The van der Waals surface area contributed by atoms with Gasteiger partial charge in [-0.15, -0.1) is 11.3 Å². The van der Waals surface area contributed by atoms with Gasteiger partial charge in [0.1, 0.15) is 11.6 Å². The predicted molar refractivity (Wildman–Crippen MR) is 83.9 cm³/mol. The fraction of sp³-hybridized carbons (Fsp3) is 0.250. The van der Waals surface area contributed by atoms with E-state index in [4.69, 9.17) is 9.47 Å². The fourth-order valence-corrected chi connectivity index (χ4v) is 2.40. The van der Waals surface area contributed by atoms with E-state index >= 15 is 0 Å². The van der Waals surface area contributed by atoms with Crippen LogP contribution in [0.5, 0.6) is 5.75 Å². The van der Waals surface area contributed by atoms with Crippen LogP contribution in [-0.4, -0.2) is 31.6 Å². The van der Waals surface area contributed by atoms with Gasteiger partial charge in [0.2, 0.25) is 0 Å². The van der Waals surface area contributed by atoms with Gasteiger partial charge in [0.15, 0.2) is 13.2 Å². The maximum atomic E-state index is 12.7. The molecular formula is C16H16FNO4S. The lowest BCUT2D eigenvalue weighted by molar-refractivity contribution is -0.150. The molecule has 0 aliphatic rings. The minimum absolute atomic E-state index is 0.339. The number of amides is 1. The van der Waals surface area contributed by atoms with Crippen molar-refractivity contribution in [3.63, 3.8) is 0 Å². The zero-order valence-electron chi connectivity index (χ0n) is 12.3. The van der Waals surface area contributed by atoms with Crippen LogP contribution in [-0.2, 0) is 20.7 Å². The highest BCUT2D eigenvalue weighted by Gasteiger charge is 2.08. The van der Waals surface area contributed by atoms with E-state index < -0.39 is 5.97 Å². The first-order chi connectivity index (χ1) is 11.1. The topological polar surface area (TPSA) is 64.6 Å². The minimum Gasteiger partial charge on any atom is -0.482 e. The molecule has 1 amide bonds. The summed E-state index contributed by atoms with van der Waals surface area (Å²) in [5, 5.41) is 4.64. The molecule has 0 fully saturated rings. The molecule has 5 nitrogen and oxygen atoms in total. The second-order valence-electron chi connectivity index (χ2n) is 4.58. The van der Waals surface area contributed by atoms with Gasteiger partial charge in [-0.3, -0.25) is 4.79 Å². The van der Waals surface area contributed by atoms with Crippen molar-refractivity contribution in [1.29, 1.82) is 0 Å². The Balaban J connectivity index is 1.58. The summed E-state index contributed by atoms with van der Waals surface area (Å²) in [5.41, 5.74) is 0. The molecule has 0 atom stereocenters. The van der Waals surface area contributed by atoms with Gasteiger partial charge in [0.25, 0.3) is 5.91 Å². The van der Waals surface area contributed by atoms with E-state index in [1.807, 2.05) is 17.5 Å². The molecule has 0 aliphatic carbocycles. The van der Waals surface area contributed by atoms with Gasteiger partial charge in [0, 0.05) is 11.4 Å². The predicted octanol–water partition coefficient (Wildman–Crippen LogP) is 2.17. The van der Waals surface area contributed by atoms with Crippen LogP contribution in [0.3, 0.4) is 0 Å². The van der Waals surface area contributed by atoms with E-state index in [0.29, 0.717) is 12.3 Å². The summed E-state index contributed by atoms with van der Waals surface area (Å²) < 4.78 is 22.6. The number of carbonyl (C=O) groups excluding carboxylic acids is 2. The molecule has 1 aromatic carbocycles. The molecule has 0 saturated carbocycles. The molecule has 0 aliphatic heterocycles. The van der Waals surface area contributed by atoms with Crippen LogP contribution < -0.4 is 10.1 Å². The summed E-state index contributed by atoms with van der Waals surface area (Å²) in [4.78, 5) is 24.1. The Bertz CT molecular complexity index is 628. The molecule has 1 heterocycles. The normalized spacial score (nSPS) is 10.1. The molecule has 0 saturated heterocycles. The van der Waals surface area contributed by atoms with Crippen LogP contribution in [0.15, 0.2) is 41.8 Å². The smallest absolute Gasteiger partial charge is 0.344 e. The highest BCUT2D eigenvalue weighted by molar-refractivity contribution is 7.09. The van der Waals surface area contributed by atoms with Gasteiger partial charge in [-0.25, -0.2) is 9.18 Å². The third kappa shape index (κ3) is 6.48. The summed E-state index contributed by atoms with van der Waals surface area (Å²) in [6.07, 6.45) is 0.741. The summed E-state index contributed by atoms with van der Waals surface area (Å²) >= 11 is 1.62. The van der Waals surface area contributed by atoms with E-state index in [0.717, 1.165) is 6.42 Å². The Morgan fingerprint density at radius 2 is 1.91 bits per heavy atom. The number of carbonyl (C=O) groups is 2. The second-order valence-corrected chi connectivity index (χ2v) is 5.61. The summed E-state index contributed by atoms with van der Waals surface area (Å²) in [6, 6.07) is 9.19. The van der Waals surface area contributed by atoms with Crippen molar-refractivity contribution in [1.82, 2.24) is 5.32 Å². The Morgan fingerprint density at radius 3 is 2.61 bits per heavy atom.